The van der Waals surface area contributed by atoms with E-state index in [1.165, 1.54) is 0 Å². The van der Waals surface area contributed by atoms with Gasteiger partial charge in [-0.15, -0.1) is 5.10 Å². The fraction of sp³-hybridized carbons (Fsp3) is 0.250. The molecule has 3 rings (SSSR count). The second-order valence-corrected chi connectivity index (χ2v) is 5.13. The number of nitrogens with zero attached hydrogens (tertiary/aromatic N) is 4. The summed E-state index contributed by atoms with van der Waals surface area (Å²) in [5.41, 5.74) is 1.79. The number of hydrogen-bond donors (Lipinski definition) is 1. The van der Waals surface area contributed by atoms with Crippen LogP contribution < -0.4 is 10.2 Å². The first-order chi connectivity index (χ1) is 10.8. The van der Waals surface area contributed by atoms with Gasteiger partial charge in [-0.05, 0) is 24.6 Å². The van der Waals surface area contributed by atoms with Crippen molar-refractivity contribution in [1.29, 1.82) is 5.26 Å². The molecular formula is C16H15N5O. The fourth-order valence-corrected chi connectivity index (χ4v) is 2.51. The van der Waals surface area contributed by atoms with Gasteiger partial charge in [0.1, 0.15) is 0 Å². The topological polar surface area (TPSA) is 81.9 Å². The minimum absolute atomic E-state index is 0.179. The van der Waals surface area contributed by atoms with Crippen LogP contribution in [0.25, 0.3) is 11.1 Å². The summed E-state index contributed by atoms with van der Waals surface area (Å²) in [4.78, 5) is 13.5. The van der Waals surface area contributed by atoms with Crippen LogP contribution in [-0.4, -0.2) is 29.2 Å². The summed E-state index contributed by atoms with van der Waals surface area (Å²) in [7, 11) is 0. The fourth-order valence-electron chi connectivity index (χ4n) is 2.51. The molecule has 0 saturated carbocycles. The molecule has 0 aliphatic carbocycles. The Labute approximate surface area is 128 Å². The highest BCUT2D eigenvalue weighted by atomic mass is 16.2. The van der Waals surface area contributed by atoms with E-state index in [1.807, 2.05) is 36.5 Å². The van der Waals surface area contributed by atoms with E-state index in [0.717, 1.165) is 29.0 Å². The van der Waals surface area contributed by atoms with Crippen molar-refractivity contribution in [3.63, 3.8) is 0 Å². The minimum atomic E-state index is -0.230. The molecule has 2 aromatic rings. The summed E-state index contributed by atoms with van der Waals surface area (Å²) in [6, 6.07) is 11.4. The highest BCUT2D eigenvalue weighted by molar-refractivity contribution is 5.97. The summed E-state index contributed by atoms with van der Waals surface area (Å²) in [6.45, 7) is 1.40. The Hall–Kier alpha value is -2.78. The monoisotopic (exact) mass is 293 g/mol. The van der Waals surface area contributed by atoms with Gasteiger partial charge in [0, 0.05) is 12.1 Å². The number of anilines is 1. The molecule has 6 heteroatoms. The number of nitrogens with one attached hydrogen (secondary N) is 1. The van der Waals surface area contributed by atoms with Crippen LogP contribution in [0.5, 0.6) is 0 Å². The van der Waals surface area contributed by atoms with Crippen LogP contribution in [0.2, 0.25) is 0 Å². The molecule has 1 fully saturated rings. The quantitative estimate of drug-likeness (QED) is 0.686. The number of hydrogen-bond acceptors (Lipinski definition) is 5. The van der Waals surface area contributed by atoms with E-state index in [0.29, 0.717) is 6.54 Å². The van der Waals surface area contributed by atoms with Crippen molar-refractivity contribution in [2.45, 2.75) is 6.42 Å². The van der Waals surface area contributed by atoms with Crippen LogP contribution in [0.1, 0.15) is 6.42 Å². The third-order valence-corrected chi connectivity index (χ3v) is 3.71. The molecule has 1 aliphatic rings. The van der Waals surface area contributed by atoms with Crippen molar-refractivity contribution in [2.24, 2.45) is 5.92 Å². The predicted molar refractivity (Wildman–Crippen MR) is 81.5 cm³/mol. The molecule has 0 radical (unpaired) electrons. The number of carbonyl (C=O) groups is 1. The van der Waals surface area contributed by atoms with E-state index in [-0.39, 0.29) is 17.6 Å². The first kappa shape index (κ1) is 14.2. The van der Waals surface area contributed by atoms with Crippen molar-refractivity contribution in [2.75, 3.05) is 18.0 Å². The lowest BCUT2D eigenvalue weighted by Crippen LogP contribution is -2.34. The van der Waals surface area contributed by atoms with Gasteiger partial charge in [-0.1, -0.05) is 30.3 Å². The SMILES string of the molecule is N#CN(C(=O)[C@H]1CCNC1)c1cc(-c2ccccc2)cnn1. The second-order valence-electron chi connectivity index (χ2n) is 5.13. The van der Waals surface area contributed by atoms with E-state index in [4.69, 9.17) is 0 Å². The molecule has 1 N–H and O–H groups in total. The molecule has 0 bridgehead atoms. The van der Waals surface area contributed by atoms with E-state index in [9.17, 15) is 10.1 Å². The maximum Gasteiger partial charge on any atom is 0.246 e. The number of aromatic nitrogens is 2. The highest BCUT2D eigenvalue weighted by Gasteiger charge is 2.29. The van der Waals surface area contributed by atoms with Crippen molar-refractivity contribution in [3.8, 4) is 17.3 Å². The Morgan fingerprint density at radius 3 is 2.82 bits per heavy atom. The van der Waals surface area contributed by atoms with Gasteiger partial charge in [-0.2, -0.15) is 15.3 Å². The van der Waals surface area contributed by atoms with Gasteiger partial charge < -0.3 is 5.32 Å². The summed E-state index contributed by atoms with van der Waals surface area (Å²) in [5, 5.41) is 20.3. The van der Waals surface area contributed by atoms with E-state index < -0.39 is 0 Å². The van der Waals surface area contributed by atoms with E-state index in [1.54, 1.807) is 12.3 Å². The predicted octanol–water partition coefficient (Wildman–Crippen LogP) is 1.57. The van der Waals surface area contributed by atoms with E-state index in [2.05, 4.69) is 15.5 Å². The lowest BCUT2D eigenvalue weighted by atomic mass is 10.1. The molecule has 2 heterocycles. The van der Waals surface area contributed by atoms with Crippen molar-refractivity contribution in [1.82, 2.24) is 15.5 Å². The molecule has 110 valence electrons. The van der Waals surface area contributed by atoms with Crippen molar-refractivity contribution in [3.05, 3.63) is 42.6 Å². The zero-order chi connectivity index (χ0) is 15.4. The Morgan fingerprint density at radius 2 is 2.14 bits per heavy atom. The van der Waals surface area contributed by atoms with Crippen LogP contribution in [0.15, 0.2) is 42.6 Å². The van der Waals surface area contributed by atoms with E-state index >= 15 is 0 Å². The number of benzene rings is 1. The third kappa shape index (κ3) is 2.80. The number of rotatable bonds is 3. The molecule has 0 spiro atoms. The molecule has 1 amide bonds. The minimum Gasteiger partial charge on any atom is -0.316 e. The summed E-state index contributed by atoms with van der Waals surface area (Å²) in [6.07, 6.45) is 4.29. The Balaban J connectivity index is 1.90. The highest BCUT2D eigenvalue weighted by Crippen LogP contribution is 2.23. The van der Waals surface area contributed by atoms with Crippen LogP contribution in [-0.2, 0) is 4.79 Å². The summed E-state index contributed by atoms with van der Waals surface area (Å²) < 4.78 is 0. The van der Waals surface area contributed by atoms with Gasteiger partial charge in [0.2, 0.25) is 5.91 Å². The summed E-state index contributed by atoms with van der Waals surface area (Å²) >= 11 is 0. The smallest absolute Gasteiger partial charge is 0.246 e. The maximum atomic E-state index is 12.4. The second kappa shape index (κ2) is 6.33. The molecule has 22 heavy (non-hydrogen) atoms. The average molecular weight is 293 g/mol. The lowest BCUT2D eigenvalue weighted by Gasteiger charge is -2.16. The first-order valence-electron chi connectivity index (χ1n) is 7.12. The molecule has 0 unspecified atom stereocenters. The van der Waals surface area contributed by atoms with Gasteiger partial charge in [0.25, 0.3) is 0 Å². The van der Waals surface area contributed by atoms with Gasteiger partial charge >= 0.3 is 0 Å². The zero-order valence-corrected chi connectivity index (χ0v) is 11.9. The molecule has 1 aromatic heterocycles. The van der Waals surface area contributed by atoms with Gasteiger partial charge in [-0.3, -0.25) is 4.79 Å². The Bertz CT molecular complexity index is 704. The molecular weight excluding hydrogens is 278 g/mol. The van der Waals surface area contributed by atoms with Gasteiger partial charge in [0.15, 0.2) is 12.0 Å². The number of nitriles is 1. The molecule has 1 atom stereocenters. The Morgan fingerprint density at radius 1 is 1.32 bits per heavy atom. The standard InChI is InChI=1S/C16H15N5O/c17-11-21(16(22)13-6-7-18-9-13)15-8-14(10-19-20-15)12-4-2-1-3-5-12/h1-5,8,10,13,18H,6-7,9H2/t13-/m0/s1. The van der Waals surface area contributed by atoms with Crippen molar-refractivity contribution >= 4 is 11.7 Å². The number of amides is 1. The molecule has 6 nitrogen and oxygen atoms in total. The molecule has 1 saturated heterocycles. The van der Waals surface area contributed by atoms with Crippen LogP contribution in [0, 0.1) is 17.4 Å². The summed E-state index contributed by atoms with van der Waals surface area (Å²) in [5.74, 6) is -0.144. The van der Waals surface area contributed by atoms with Crippen LogP contribution in [0.3, 0.4) is 0 Å². The van der Waals surface area contributed by atoms with Crippen molar-refractivity contribution < 1.29 is 4.79 Å². The largest absolute Gasteiger partial charge is 0.316 e. The average Bonchev–Trinajstić information content (AvgIpc) is 3.11. The van der Waals surface area contributed by atoms with Gasteiger partial charge in [0.05, 0.1) is 12.1 Å². The first-order valence-corrected chi connectivity index (χ1v) is 7.12. The molecule has 1 aliphatic heterocycles. The number of carbonyl (C=O) groups excluding carboxylic acids is 1. The normalized spacial score (nSPS) is 17.0. The lowest BCUT2D eigenvalue weighted by molar-refractivity contribution is -0.121. The van der Waals surface area contributed by atoms with Crippen LogP contribution >= 0.6 is 0 Å². The maximum absolute atomic E-state index is 12.4. The third-order valence-electron chi connectivity index (χ3n) is 3.71. The van der Waals surface area contributed by atoms with Gasteiger partial charge in [-0.25, -0.2) is 0 Å². The Kier molecular flexibility index (Phi) is 4.08. The zero-order valence-electron chi connectivity index (χ0n) is 11.9. The van der Waals surface area contributed by atoms with Crippen LogP contribution in [0.4, 0.5) is 5.82 Å². The molecule has 1 aromatic carbocycles.